The fourth-order valence-corrected chi connectivity index (χ4v) is 3.52. The minimum atomic E-state index is -0.0320. The third-order valence-electron chi connectivity index (χ3n) is 4.99. The Balaban J connectivity index is 1.61. The zero-order valence-corrected chi connectivity index (χ0v) is 17.8. The van der Waals surface area contributed by atoms with Crippen LogP contribution in [0, 0.1) is 0 Å². The molecule has 0 aromatic heterocycles. The molecule has 0 radical (unpaired) electrons. The number of hydrogen-bond acceptors (Lipinski definition) is 5. The zero-order chi connectivity index (χ0) is 21.2. The van der Waals surface area contributed by atoms with Gasteiger partial charge >= 0.3 is 0 Å². The Morgan fingerprint density at radius 3 is 2.77 bits per heavy atom. The SMILES string of the molecule is CCNC(=NCc1ccc(OCCO)c(OC)c1)NC1CCN(c2ccccc2)C1. The first-order valence-electron chi connectivity index (χ1n) is 10.5. The number of aliphatic imine (C=N–C) groups is 1. The van der Waals surface area contributed by atoms with Crippen LogP contribution in [0.4, 0.5) is 5.69 Å². The molecule has 162 valence electrons. The molecule has 0 aliphatic carbocycles. The highest BCUT2D eigenvalue weighted by atomic mass is 16.5. The molecule has 7 heteroatoms. The summed E-state index contributed by atoms with van der Waals surface area (Å²) >= 11 is 0. The van der Waals surface area contributed by atoms with Crippen LogP contribution < -0.4 is 25.0 Å². The van der Waals surface area contributed by atoms with Crippen LogP contribution in [-0.2, 0) is 6.54 Å². The molecule has 0 spiro atoms. The minimum Gasteiger partial charge on any atom is -0.493 e. The summed E-state index contributed by atoms with van der Waals surface area (Å²) in [4.78, 5) is 7.15. The monoisotopic (exact) mass is 412 g/mol. The first kappa shape index (κ1) is 21.8. The summed E-state index contributed by atoms with van der Waals surface area (Å²) < 4.78 is 10.9. The lowest BCUT2D eigenvalue weighted by Gasteiger charge is -2.20. The summed E-state index contributed by atoms with van der Waals surface area (Å²) in [7, 11) is 1.61. The first-order valence-corrected chi connectivity index (χ1v) is 10.5. The van der Waals surface area contributed by atoms with Gasteiger partial charge in [-0.3, -0.25) is 0 Å². The van der Waals surface area contributed by atoms with Crippen molar-refractivity contribution in [3.05, 3.63) is 54.1 Å². The van der Waals surface area contributed by atoms with Crippen molar-refractivity contribution in [3.63, 3.8) is 0 Å². The number of para-hydroxylation sites is 1. The normalized spacial score (nSPS) is 16.4. The number of guanidine groups is 1. The molecule has 0 amide bonds. The lowest BCUT2D eigenvalue weighted by molar-refractivity contribution is 0.196. The van der Waals surface area contributed by atoms with Crippen molar-refractivity contribution in [2.45, 2.75) is 25.9 Å². The molecule has 3 N–H and O–H groups in total. The molecule has 1 saturated heterocycles. The van der Waals surface area contributed by atoms with Crippen molar-refractivity contribution in [1.29, 1.82) is 0 Å². The van der Waals surface area contributed by atoms with Crippen molar-refractivity contribution >= 4 is 11.6 Å². The fraction of sp³-hybridized carbons (Fsp3) is 0.435. The number of anilines is 1. The molecule has 7 nitrogen and oxygen atoms in total. The van der Waals surface area contributed by atoms with Gasteiger partial charge in [0.1, 0.15) is 6.61 Å². The lowest BCUT2D eigenvalue weighted by atomic mass is 10.2. The Kier molecular flexibility index (Phi) is 8.20. The van der Waals surface area contributed by atoms with Crippen molar-refractivity contribution in [2.24, 2.45) is 4.99 Å². The van der Waals surface area contributed by atoms with E-state index in [4.69, 9.17) is 19.6 Å². The van der Waals surface area contributed by atoms with E-state index in [2.05, 4.69) is 46.7 Å². The van der Waals surface area contributed by atoms with E-state index in [9.17, 15) is 0 Å². The second-order valence-corrected chi connectivity index (χ2v) is 7.16. The standard InChI is InChI=1S/C23H32N4O3/c1-3-24-23(26-19-11-12-27(17-19)20-7-5-4-6-8-20)25-16-18-9-10-21(30-14-13-28)22(15-18)29-2/h4-10,15,19,28H,3,11-14,16-17H2,1-2H3,(H2,24,25,26). The molecular weight excluding hydrogens is 380 g/mol. The van der Waals surface area contributed by atoms with E-state index in [0.717, 1.165) is 37.6 Å². The number of aliphatic hydroxyl groups excluding tert-OH is 1. The molecule has 3 rings (SSSR count). The summed E-state index contributed by atoms with van der Waals surface area (Å²) in [5, 5.41) is 15.8. The highest BCUT2D eigenvalue weighted by Crippen LogP contribution is 2.28. The number of aliphatic hydroxyl groups is 1. The molecule has 1 aliphatic rings. The summed E-state index contributed by atoms with van der Waals surface area (Å²) in [6.07, 6.45) is 1.07. The van der Waals surface area contributed by atoms with Gasteiger partial charge in [-0.25, -0.2) is 4.99 Å². The summed E-state index contributed by atoms with van der Waals surface area (Å²) in [6, 6.07) is 16.6. The number of methoxy groups -OCH3 is 1. The third kappa shape index (κ3) is 6.03. The average molecular weight is 413 g/mol. The van der Waals surface area contributed by atoms with Gasteiger partial charge in [0, 0.05) is 31.4 Å². The Hall–Kier alpha value is -2.93. The topological polar surface area (TPSA) is 78.4 Å². The fourth-order valence-electron chi connectivity index (χ4n) is 3.52. The predicted molar refractivity (Wildman–Crippen MR) is 121 cm³/mol. The smallest absolute Gasteiger partial charge is 0.191 e. The van der Waals surface area contributed by atoms with Crippen molar-refractivity contribution < 1.29 is 14.6 Å². The predicted octanol–water partition coefficient (Wildman–Crippen LogP) is 2.40. The van der Waals surface area contributed by atoms with E-state index in [0.29, 0.717) is 24.1 Å². The van der Waals surface area contributed by atoms with Crippen molar-refractivity contribution in [1.82, 2.24) is 10.6 Å². The summed E-state index contributed by atoms with van der Waals surface area (Å²) in [6.45, 7) is 5.60. The van der Waals surface area contributed by atoms with Gasteiger partial charge in [0.15, 0.2) is 17.5 Å². The van der Waals surface area contributed by atoms with Gasteiger partial charge in [-0.2, -0.15) is 0 Å². The van der Waals surface area contributed by atoms with Gasteiger partial charge < -0.3 is 30.1 Å². The maximum atomic E-state index is 8.94. The number of nitrogens with one attached hydrogen (secondary N) is 2. The van der Waals surface area contributed by atoms with Crippen LogP contribution in [0.15, 0.2) is 53.5 Å². The molecule has 30 heavy (non-hydrogen) atoms. The van der Waals surface area contributed by atoms with Crippen LogP contribution in [-0.4, -0.2) is 57.1 Å². The second kappa shape index (κ2) is 11.3. The Morgan fingerprint density at radius 2 is 2.03 bits per heavy atom. The maximum absolute atomic E-state index is 8.94. The Bertz CT molecular complexity index is 813. The number of ether oxygens (including phenoxy) is 2. The molecular formula is C23H32N4O3. The molecule has 1 heterocycles. The third-order valence-corrected chi connectivity index (χ3v) is 4.99. The average Bonchev–Trinajstić information content (AvgIpc) is 3.25. The Labute approximate surface area is 178 Å². The van der Waals surface area contributed by atoms with E-state index >= 15 is 0 Å². The van der Waals surface area contributed by atoms with Crippen molar-refractivity contribution in [3.8, 4) is 11.5 Å². The molecule has 2 aromatic rings. The lowest BCUT2D eigenvalue weighted by Crippen LogP contribution is -2.44. The molecule has 0 saturated carbocycles. The molecule has 1 atom stereocenters. The maximum Gasteiger partial charge on any atom is 0.191 e. The van der Waals surface area contributed by atoms with E-state index < -0.39 is 0 Å². The van der Waals surface area contributed by atoms with Crippen LogP contribution in [0.3, 0.4) is 0 Å². The number of nitrogens with zero attached hydrogens (tertiary/aromatic N) is 2. The molecule has 1 unspecified atom stereocenters. The van der Waals surface area contributed by atoms with E-state index in [1.807, 2.05) is 24.3 Å². The Morgan fingerprint density at radius 1 is 1.20 bits per heavy atom. The van der Waals surface area contributed by atoms with E-state index in [1.54, 1.807) is 7.11 Å². The van der Waals surface area contributed by atoms with Gasteiger partial charge in [0.2, 0.25) is 0 Å². The number of benzene rings is 2. The number of hydrogen-bond donors (Lipinski definition) is 3. The van der Waals surface area contributed by atoms with E-state index in [1.165, 1.54) is 5.69 Å². The number of rotatable bonds is 9. The van der Waals surface area contributed by atoms with Gasteiger partial charge in [-0.15, -0.1) is 0 Å². The highest BCUT2D eigenvalue weighted by molar-refractivity contribution is 5.80. The van der Waals surface area contributed by atoms with Crippen molar-refractivity contribution in [2.75, 3.05) is 44.9 Å². The first-order chi connectivity index (χ1) is 14.7. The minimum absolute atomic E-state index is 0.0320. The van der Waals surface area contributed by atoms with Crippen LogP contribution in [0.2, 0.25) is 0 Å². The summed E-state index contributed by atoms with van der Waals surface area (Å²) in [5.74, 6) is 2.08. The quantitative estimate of drug-likeness (QED) is 0.434. The second-order valence-electron chi connectivity index (χ2n) is 7.16. The molecule has 0 bridgehead atoms. The zero-order valence-electron chi connectivity index (χ0n) is 17.8. The van der Waals surface area contributed by atoms with Gasteiger partial charge in [0.25, 0.3) is 0 Å². The van der Waals surface area contributed by atoms with Gasteiger partial charge in [-0.05, 0) is 43.2 Å². The van der Waals surface area contributed by atoms with Gasteiger partial charge in [-0.1, -0.05) is 24.3 Å². The van der Waals surface area contributed by atoms with Crippen LogP contribution >= 0.6 is 0 Å². The largest absolute Gasteiger partial charge is 0.493 e. The summed E-state index contributed by atoms with van der Waals surface area (Å²) in [5.41, 5.74) is 2.29. The highest BCUT2D eigenvalue weighted by Gasteiger charge is 2.23. The van der Waals surface area contributed by atoms with Crippen LogP contribution in [0.25, 0.3) is 0 Å². The van der Waals surface area contributed by atoms with Crippen LogP contribution in [0.5, 0.6) is 11.5 Å². The van der Waals surface area contributed by atoms with Crippen LogP contribution in [0.1, 0.15) is 18.9 Å². The molecule has 1 fully saturated rings. The molecule has 1 aliphatic heterocycles. The van der Waals surface area contributed by atoms with Gasteiger partial charge in [0.05, 0.1) is 20.3 Å². The molecule has 2 aromatic carbocycles. The van der Waals surface area contributed by atoms with E-state index in [-0.39, 0.29) is 13.2 Å².